The largest absolute Gasteiger partial charge is 0.497 e. The summed E-state index contributed by atoms with van der Waals surface area (Å²) in [5.74, 6) is 0.692. The number of benzene rings is 1. The minimum atomic E-state index is -4.41. The summed E-state index contributed by atoms with van der Waals surface area (Å²) >= 11 is 0. The number of amides is 1. The van der Waals surface area contributed by atoms with Crippen molar-refractivity contribution >= 4 is 6.41 Å². The zero-order valence-electron chi connectivity index (χ0n) is 15.4. The van der Waals surface area contributed by atoms with Gasteiger partial charge >= 0.3 is 6.18 Å². The van der Waals surface area contributed by atoms with Crippen molar-refractivity contribution in [1.82, 2.24) is 15.2 Å². The molecule has 3 rings (SSSR count). The second-order valence-electron chi connectivity index (χ2n) is 6.83. The average Bonchev–Trinajstić information content (AvgIpc) is 2.69. The van der Waals surface area contributed by atoms with Crippen molar-refractivity contribution in [2.24, 2.45) is 0 Å². The second kappa shape index (κ2) is 8.60. The molecule has 1 saturated heterocycles. The van der Waals surface area contributed by atoms with Crippen molar-refractivity contribution in [2.45, 2.75) is 31.1 Å². The van der Waals surface area contributed by atoms with Gasteiger partial charge in [0, 0.05) is 44.0 Å². The van der Waals surface area contributed by atoms with Gasteiger partial charge in [0.2, 0.25) is 6.41 Å². The fourth-order valence-electron chi connectivity index (χ4n) is 3.71. The number of nitrogens with one attached hydrogen (secondary N) is 1. The van der Waals surface area contributed by atoms with Crippen molar-refractivity contribution in [3.63, 3.8) is 0 Å². The number of pyridine rings is 1. The van der Waals surface area contributed by atoms with Crippen molar-refractivity contribution in [2.75, 3.05) is 20.2 Å². The van der Waals surface area contributed by atoms with Crippen LogP contribution in [0, 0.1) is 0 Å². The highest BCUT2D eigenvalue weighted by Gasteiger charge is 2.35. The lowest BCUT2D eigenvalue weighted by molar-refractivity contribution is -0.138. The lowest BCUT2D eigenvalue weighted by Gasteiger charge is -2.39. The van der Waals surface area contributed by atoms with Crippen molar-refractivity contribution < 1.29 is 22.7 Å². The van der Waals surface area contributed by atoms with Crippen LogP contribution in [0.25, 0.3) is 0 Å². The predicted molar refractivity (Wildman–Crippen MR) is 97.9 cm³/mol. The fraction of sp³-hybridized carbons (Fsp3) is 0.400. The summed E-state index contributed by atoms with van der Waals surface area (Å²) in [6.07, 6.45) is -0.643. The number of carbonyl (C=O) groups is 1. The number of rotatable bonds is 6. The number of carbonyl (C=O) groups excluding carboxylic acids is 1. The first-order valence-corrected chi connectivity index (χ1v) is 8.98. The van der Waals surface area contributed by atoms with Gasteiger partial charge in [0.15, 0.2) is 0 Å². The lowest BCUT2D eigenvalue weighted by atomic mass is 9.85. The summed E-state index contributed by atoms with van der Waals surface area (Å²) in [5, 5.41) is 2.85. The van der Waals surface area contributed by atoms with Crippen LogP contribution in [0.3, 0.4) is 0 Å². The summed E-state index contributed by atoms with van der Waals surface area (Å²) in [5.41, 5.74) is 0.508. The normalized spacial score (nSPS) is 20.6. The number of hydrogen-bond acceptors (Lipinski definition) is 4. The number of methoxy groups -OCH3 is 1. The van der Waals surface area contributed by atoms with Crippen LogP contribution < -0.4 is 10.1 Å². The van der Waals surface area contributed by atoms with E-state index in [-0.39, 0.29) is 24.1 Å². The smallest absolute Gasteiger partial charge is 0.416 e. The Bertz CT molecular complexity index is 796. The summed E-state index contributed by atoms with van der Waals surface area (Å²) in [7, 11) is 1.58. The third kappa shape index (κ3) is 4.62. The van der Waals surface area contributed by atoms with Crippen LogP contribution in [0.4, 0.5) is 13.2 Å². The maximum Gasteiger partial charge on any atom is 0.416 e. The molecule has 5 nitrogen and oxygen atoms in total. The molecular weight excluding hydrogens is 371 g/mol. The minimum Gasteiger partial charge on any atom is -0.497 e. The summed E-state index contributed by atoms with van der Waals surface area (Å²) in [6.45, 7) is 1.28. The number of aromatic nitrogens is 1. The molecule has 1 fully saturated rings. The molecule has 2 atom stereocenters. The van der Waals surface area contributed by atoms with E-state index in [1.54, 1.807) is 7.11 Å². The molecule has 1 aliphatic heterocycles. The molecule has 1 amide bonds. The van der Waals surface area contributed by atoms with Crippen molar-refractivity contribution in [1.29, 1.82) is 0 Å². The van der Waals surface area contributed by atoms with Crippen LogP contribution >= 0.6 is 0 Å². The topological polar surface area (TPSA) is 54.5 Å². The fourth-order valence-corrected chi connectivity index (χ4v) is 3.71. The van der Waals surface area contributed by atoms with E-state index in [0.29, 0.717) is 25.9 Å². The molecule has 2 unspecified atom stereocenters. The zero-order chi connectivity index (χ0) is 20.1. The Morgan fingerprint density at radius 1 is 1.29 bits per heavy atom. The van der Waals surface area contributed by atoms with Gasteiger partial charge < -0.3 is 10.1 Å². The minimum absolute atomic E-state index is 0.0316. The molecule has 1 aromatic heterocycles. The third-order valence-corrected chi connectivity index (χ3v) is 5.13. The number of hydrogen-bond donors (Lipinski definition) is 1. The quantitative estimate of drug-likeness (QED) is 0.766. The van der Waals surface area contributed by atoms with Gasteiger partial charge in [-0.05, 0) is 35.7 Å². The van der Waals surface area contributed by atoms with Crippen LogP contribution in [-0.2, 0) is 17.5 Å². The van der Waals surface area contributed by atoms with Gasteiger partial charge in [-0.3, -0.25) is 14.7 Å². The van der Waals surface area contributed by atoms with Crippen LogP contribution in [0.15, 0.2) is 42.7 Å². The number of halogens is 3. The summed E-state index contributed by atoms with van der Waals surface area (Å²) in [6, 6.07) is 8.48. The molecule has 0 spiro atoms. The standard InChI is InChI=1S/C20H22F3N3O2/c1-28-16-4-2-14(3-5-16)17-12-26(9-7-19(17)25-13-27)11-15-10-24-8-6-18(15)20(21,22)23/h2-6,8,10,13,17,19H,7,9,11-12H2,1H3,(H,25,27). The Hall–Kier alpha value is -2.61. The molecule has 8 heteroatoms. The molecule has 1 aliphatic rings. The monoisotopic (exact) mass is 393 g/mol. The molecule has 0 saturated carbocycles. The molecule has 150 valence electrons. The van der Waals surface area contributed by atoms with Gasteiger partial charge in [-0.25, -0.2) is 0 Å². The Kier molecular flexibility index (Phi) is 6.18. The highest BCUT2D eigenvalue weighted by molar-refractivity contribution is 5.47. The van der Waals surface area contributed by atoms with E-state index in [9.17, 15) is 18.0 Å². The highest BCUT2D eigenvalue weighted by atomic mass is 19.4. The number of ether oxygens (including phenoxy) is 1. The number of piperidine rings is 1. The van der Waals surface area contributed by atoms with Crippen molar-refractivity contribution in [3.05, 3.63) is 59.4 Å². The third-order valence-electron chi connectivity index (χ3n) is 5.13. The molecular formula is C20H22F3N3O2. The SMILES string of the molecule is COc1ccc(C2CN(Cc3cnccc3C(F)(F)F)CCC2NC=O)cc1. The van der Waals surface area contributed by atoms with E-state index < -0.39 is 11.7 Å². The number of likely N-dealkylation sites (tertiary alicyclic amines) is 1. The predicted octanol–water partition coefficient (Wildman–Crippen LogP) is 3.21. The molecule has 0 radical (unpaired) electrons. The first-order valence-electron chi connectivity index (χ1n) is 8.98. The lowest BCUT2D eigenvalue weighted by Crippen LogP contribution is -2.47. The van der Waals surface area contributed by atoms with Crippen LogP contribution in [0.1, 0.15) is 29.0 Å². The van der Waals surface area contributed by atoms with Gasteiger partial charge in [0.1, 0.15) is 5.75 Å². The first kappa shape index (κ1) is 20.1. The molecule has 28 heavy (non-hydrogen) atoms. The average molecular weight is 393 g/mol. The maximum absolute atomic E-state index is 13.3. The van der Waals surface area contributed by atoms with E-state index in [2.05, 4.69) is 10.3 Å². The van der Waals surface area contributed by atoms with E-state index in [4.69, 9.17) is 4.74 Å². The molecule has 1 N–H and O–H groups in total. The number of nitrogens with zero attached hydrogens (tertiary/aromatic N) is 2. The highest BCUT2D eigenvalue weighted by Crippen LogP contribution is 2.34. The van der Waals surface area contributed by atoms with E-state index >= 15 is 0 Å². The van der Waals surface area contributed by atoms with Gasteiger partial charge in [-0.1, -0.05) is 12.1 Å². The van der Waals surface area contributed by atoms with Crippen LogP contribution in [0.2, 0.25) is 0 Å². The summed E-state index contributed by atoms with van der Waals surface area (Å²) in [4.78, 5) is 16.8. The molecule has 0 aliphatic carbocycles. The van der Waals surface area contributed by atoms with Crippen LogP contribution in [-0.4, -0.2) is 42.5 Å². The van der Waals surface area contributed by atoms with Gasteiger partial charge in [0.05, 0.1) is 12.7 Å². The Balaban J connectivity index is 1.80. The maximum atomic E-state index is 13.3. The molecule has 1 aromatic carbocycles. The first-order chi connectivity index (χ1) is 13.4. The summed E-state index contributed by atoms with van der Waals surface area (Å²) < 4.78 is 45.0. The van der Waals surface area contributed by atoms with Crippen LogP contribution in [0.5, 0.6) is 5.75 Å². The van der Waals surface area contributed by atoms with Gasteiger partial charge in [-0.2, -0.15) is 13.2 Å². The van der Waals surface area contributed by atoms with E-state index in [1.165, 1.54) is 6.20 Å². The van der Waals surface area contributed by atoms with Gasteiger partial charge in [0.25, 0.3) is 0 Å². The molecule has 2 aromatic rings. The number of alkyl halides is 3. The molecule has 2 heterocycles. The Morgan fingerprint density at radius 3 is 2.68 bits per heavy atom. The Morgan fingerprint density at radius 2 is 2.04 bits per heavy atom. The van der Waals surface area contributed by atoms with E-state index in [0.717, 1.165) is 23.6 Å². The second-order valence-corrected chi connectivity index (χ2v) is 6.83. The van der Waals surface area contributed by atoms with Crippen molar-refractivity contribution in [3.8, 4) is 5.75 Å². The van der Waals surface area contributed by atoms with Gasteiger partial charge in [-0.15, -0.1) is 0 Å². The molecule has 0 bridgehead atoms. The zero-order valence-corrected chi connectivity index (χ0v) is 15.4. The van der Waals surface area contributed by atoms with E-state index in [1.807, 2.05) is 29.2 Å². The Labute approximate surface area is 161 Å².